The molecule has 350 valence electrons. The van der Waals surface area contributed by atoms with Crippen molar-refractivity contribution in [3.8, 4) is 34.5 Å². The van der Waals surface area contributed by atoms with Gasteiger partial charge in [0.1, 0.15) is 0 Å². The number of nitrogens with zero attached hydrogens (tertiary/aromatic N) is 4. The quantitative estimate of drug-likeness (QED) is 0.0146. The maximum atomic E-state index is 12.0. The number of aromatic hydroxyl groups is 6. The number of benzene rings is 5. The van der Waals surface area contributed by atoms with Crippen molar-refractivity contribution in [2.24, 2.45) is 9.98 Å². The molecule has 0 bridgehead atoms. The fourth-order valence-electron chi connectivity index (χ4n) is 4.63. The van der Waals surface area contributed by atoms with Crippen LogP contribution in [0.1, 0.15) is 22.3 Å². The maximum Gasteiger partial charge on any atom is 0.411 e. The Morgan fingerprint density at radius 3 is 1.29 bits per heavy atom. The number of phenols is 6. The zero-order valence-corrected chi connectivity index (χ0v) is 46.5. The molecule has 0 fully saturated rings. The van der Waals surface area contributed by atoms with E-state index in [4.69, 9.17) is 35.6 Å². The first-order chi connectivity index (χ1) is 30.8. The molecular formula is C41H40I6N5O13-. The number of amides is 1. The van der Waals surface area contributed by atoms with Crippen LogP contribution in [0.25, 0.3) is 0 Å². The third kappa shape index (κ3) is 28.7. The van der Waals surface area contributed by atoms with Crippen molar-refractivity contribution >= 4 is 140 Å². The Bertz CT molecular complexity index is 2150. The number of nitrogens with one attached hydrogen (secondary N) is 1. The standard InChI is InChI=1S/C25H25NO8.C8H4N2O2.C8H10O3.I3.I2.HI.N2/c27-20-7-3-17(13-22(20)29)9-11-33-24(31)15-16-1-5-19(6-2-16)26-25(32)34-12-10-18-4-8-21(28)23(30)14-18;11-5-9-7-1-2-8(4-3-7)10-6-12;9-4-3-6-1-2-7(10)8(11)5-6;1-3-2;1-2;;1-2/h1-8,13-14,27-30H,9-12,15H2,(H,26,32);1-4H;1-2,5,9-11H,3-4H2;;;1H;/q;;;-1;;;. The van der Waals surface area contributed by atoms with Crippen molar-refractivity contribution in [1.29, 1.82) is 10.8 Å². The maximum absolute atomic E-state index is 12.0. The number of rotatable bonds is 13. The van der Waals surface area contributed by atoms with E-state index in [1.54, 1.807) is 66.7 Å². The summed E-state index contributed by atoms with van der Waals surface area (Å²) >= 11 is 9.54. The molecule has 65 heavy (non-hydrogen) atoms. The van der Waals surface area contributed by atoms with Gasteiger partial charge in [0, 0.05) is 73.2 Å². The number of halogens is 6. The number of aliphatic hydroxyl groups excluding tert-OH is 1. The van der Waals surface area contributed by atoms with Crippen LogP contribution >= 0.6 is 98.4 Å². The number of anilines is 1. The Morgan fingerprint density at radius 2 is 0.938 bits per heavy atom. The first-order valence-corrected chi connectivity index (χ1v) is 36.5. The van der Waals surface area contributed by atoms with E-state index in [2.05, 4.69) is 89.8 Å². The van der Waals surface area contributed by atoms with Crippen LogP contribution < -0.4 is 18.6 Å². The van der Waals surface area contributed by atoms with Crippen LogP contribution in [0.2, 0.25) is 0 Å². The molecular weight excluding hydrogens is 1530 g/mol. The van der Waals surface area contributed by atoms with Gasteiger partial charge in [0.2, 0.25) is 12.2 Å². The largest absolute Gasteiger partial charge is 0.504 e. The van der Waals surface area contributed by atoms with Crippen LogP contribution in [0.15, 0.2) is 113 Å². The summed E-state index contributed by atoms with van der Waals surface area (Å²) in [5.41, 5.74) is 4.41. The number of aliphatic hydroxyl groups is 1. The zero-order chi connectivity index (χ0) is 48.3. The molecule has 0 unspecified atom stereocenters. The topological polar surface area (TPSA) is 313 Å². The SMILES string of the molecule is I.II.I[I-]I.N#N.O=C(Cc1ccc(NC(=O)OCCc2ccc(O)c(O)c2)cc1)OCCc1ccc(O)c(O)c1.O=C=Nc1ccc(N=C=O)cc1.OCCc1ccc(O)c(O)c1. The van der Waals surface area contributed by atoms with Gasteiger partial charge in [-0.25, -0.2) is 14.4 Å². The van der Waals surface area contributed by atoms with Gasteiger partial charge in [-0.05, 0) is 101 Å². The van der Waals surface area contributed by atoms with E-state index in [1.165, 1.54) is 48.6 Å². The number of aliphatic imine (C=N–C) groups is 2. The molecule has 1 amide bonds. The van der Waals surface area contributed by atoms with Gasteiger partial charge in [0.25, 0.3) is 0 Å². The third-order valence-corrected chi connectivity index (χ3v) is 7.55. The second-order valence-corrected chi connectivity index (χ2v) is 28.0. The van der Waals surface area contributed by atoms with Crippen LogP contribution in [0.5, 0.6) is 34.5 Å². The molecule has 0 atom stereocenters. The molecule has 0 aliphatic carbocycles. The summed E-state index contributed by atoms with van der Waals surface area (Å²) in [5.74, 6) is -1.56. The van der Waals surface area contributed by atoms with E-state index in [0.717, 1.165) is 11.1 Å². The fourth-order valence-corrected chi connectivity index (χ4v) is 4.63. The molecule has 0 aliphatic heterocycles. The second kappa shape index (κ2) is 39.3. The molecule has 0 radical (unpaired) electrons. The molecule has 5 aromatic carbocycles. The summed E-state index contributed by atoms with van der Waals surface area (Å²) in [6.07, 6.45) is 3.49. The summed E-state index contributed by atoms with van der Waals surface area (Å²) in [6, 6.07) is 26.2. The normalized spacial score (nSPS) is 9.09. The van der Waals surface area contributed by atoms with E-state index in [0.29, 0.717) is 60.7 Å². The van der Waals surface area contributed by atoms with E-state index in [-0.39, 0.29) is 84.7 Å². The van der Waals surface area contributed by atoms with E-state index >= 15 is 0 Å². The van der Waals surface area contributed by atoms with Gasteiger partial charge in [-0.3, -0.25) is 10.1 Å². The number of carbonyl (C=O) groups excluding carboxylic acids is 4. The molecule has 0 heterocycles. The minimum absolute atomic E-state index is 0. The van der Waals surface area contributed by atoms with Gasteiger partial charge in [0.05, 0.1) is 31.0 Å². The van der Waals surface area contributed by atoms with Gasteiger partial charge in [-0.1, -0.05) is 30.3 Å². The molecule has 24 heteroatoms. The fraction of sp³-hybridized carbons (Fsp3) is 0.171. The number of carbonyl (C=O) groups is 2. The first kappa shape index (κ1) is 63.2. The van der Waals surface area contributed by atoms with Gasteiger partial charge in [-0.2, -0.15) is 9.98 Å². The molecule has 0 saturated heterocycles. The molecule has 18 nitrogen and oxygen atoms in total. The van der Waals surface area contributed by atoms with Crippen molar-refractivity contribution < 1.29 is 77.7 Å². The molecule has 0 spiro atoms. The zero-order valence-electron chi connectivity index (χ0n) is 33.4. The van der Waals surface area contributed by atoms with Crippen LogP contribution in [0.4, 0.5) is 21.9 Å². The number of isocyanates is 2. The van der Waals surface area contributed by atoms with E-state index < -0.39 is 12.1 Å². The van der Waals surface area contributed by atoms with Crippen molar-refractivity contribution in [2.45, 2.75) is 25.7 Å². The Morgan fingerprint density at radius 1 is 0.585 bits per heavy atom. The number of ether oxygens (including phenoxy) is 2. The number of hydrogen-bond donors (Lipinski definition) is 8. The summed E-state index contributed by atoms with van der Waals surface area (Å²) in [7, 11) is 0. The van der Waals surface area contributed by atoms with Crippen molar-refractivity contribution in [3.05, 3.63) is 125 Å². The predicted molar refractivity (Wildman–Crippen MR) is 281 cm³/mol. The van der Waals surface area contributed by atoms with Crippen molar-refractivity contribution in [2.75, 3.05) is 25.1 Å². The molecule has 0 saturated carbocycles. The molecule has 5 aromatic rings. The molecule has 5 rings (SSSR count). The van der Waals surface area contributed by atoms with E-state index in [9.17, 15) is 39.6 Å². The van der Waals surface area contributed by atoms with Crippen LogP contribution in [0, 0.1) is 10.8 Å². The Hall–Kier alpha value is -3.84. The molecule has 8 N–H and O–H groups in total. The summed E-state index contributed by atoms with van der Waals surface area (Å²) in [4.78, 5) is 50.3. The van der Waals surface area contributed by atoms with Gasteiger partial charge < -0.3 is 45.2 Å². The number of phenolic OH excluding ortho intramolecular Hbond substituents is 6. The van der Waals surface area contributed by atoms with Crippen LogP contribution in [-0.4, -0.2) is 79.8 Å². The average Bonchev–Trinajstić information content (AvgIpc) is 3.28. The Kier molecular flexibility index (Phi) is 38.3. The van der Waals surface area contributed by atoms with Gasteiger partial charge in [0.15, 0.2) is 34.5 Å². The number of esters is 1. The molecule has 0 aliphatic rings. The third-order valence-electron chi connectivity index (χ3n) is 7.55. The van der Waals surface area contributed by atoms with Gasteiger partial charge >= 0.3 is 62.5 Å². The monoisotopic (exact) mass is 1570 g/mol. The van der Waals surface area contributed by atoms with Crippen LogP contribution in [0.3, 0.4) is 0 Å². The average molecular weight is 1570 g/mol. The summed E-state index contributed by atoms with van der Waals surface area (Å²) in [6.45, 7) is 0.270. The minimum Gasteiger partial charge on any atom is -0.504 e. The van der Waals surface area contributed by atoms with Crippen molar-refractivity contribution in [3.63, 3.8) is 0 Å². The summed E-state index contributed by atoms with van der Waals surface area (Å²) in [5, 5.41) is 78.6. The summed E-state index contributed by atoms with van der Waals surface area (Å²) < 4.78 is 10.3. The van der Waals surface area contributed by atoms with Crippen molar-refractivity contribution in [1.82, 2.24) is 0 Å². The smallest absolute Gasteiger partial charge is 0.411 e. The second-order valence-electron chi connectivity index (χ2n) is 11.8. The minimum atomic E-state index is -0.643. The number of hydrogen-bond acceptors (Lipinski definition) is 17. The van der Waals surface area contributed by atoms with Crippen LogP contribution in [-0.2, 0) is 49.5 Å². The first-order valence-electron chi connectivity index (χ1n) is 17.6. The predicted octanol–water partition coefficient (Wildman–Crippen LogP) is 7.08. The molecule has 0 aromatic heterocycles. The van der Waals surface area contributed by atoms with E-state index in [1.807, 2.05) is 0 Å². The van der Waals surface area contributed by atoms with Gasteiger partial charge in [-0.15, -0.1) is 24.0 Å². The Labute approximate surface area is 443 Å². The Balaban J connectivity index is 0.